The fourth-order valence-corrected chi connectivity index (χ4v) is 3.57. The fraction of sp³-hybridized carbons (Fsp3) is 0.417. The van der Waals surface area contributed by atoms with E-state index in [2.05, 4.69) is 5.32 Å². The van der Waals surface area contributed by atoms with Gasteiger partial charge in [0, 0.05) is 5.75 Å². The molecule has 102 valence electrons. The number of carbonyl (C=O) groups is 1. The first-order chi connectivity index (χ1) is 9.15. The summed E-state index contributed by atoms with van der Waals surface area (Å²) < 4.78 is 11.0. The zero-order valence-electron chi connectivity index (χ0n) is 9.89. The van der Waals surface area contributed by atoms with E-state index in [9.17, 15) is 4.79 Å². The summed E-state index contributed by atoms with van der Waals surface area (Å²) in [5.74, 6) is 0.884. The lowest BCUT2D eigenvalue weighted by Gasteiger charge is -2.21. The Labute approximate surface area is 119 Å². The fourth-order valence-electron chi connectivity index (χ4n) is 2.09. The van der Waals surface area contributed by atoms with Gasteiger partial charge in [-0.25, -0.2) is 0 Å². The second-order valence-corrected chi connectivity index (χ2v) is 5.84. The molecule has 3 rings (SSSR count). The van der Waals surface area contributed by atoms with Gasteiger partial charge in [0.25, 0.3) is 0 Å². The van der Waals surface area contributed by atoms with E-state index in [1.165, 1.54) is 0 Å². The van der Waals surface area contributed by atoms with E-state index in [0.29, 0.717) is 35.5 Å². The third kappa shape index (κ3) is 2.48. The molecule has 0 saturated carbocycles. The molecule has 7 heteroatoms. The SMILES string of the molecule is O=C(O)[C@H]1CSC(c2cc(Cl)c3c(c2)OCCO3)N1. The molecular formula is C12H12ClNO4S. The largest absolute Gasteiger partial charge is 0.486 e. The normalized spacial score (nSPS) is 25.3. The quantitative estimate of drug-likeness (QED) is 0.869. The minimum Gasteiger partial charge on any atom is -0.486 e. The van der Waals surface area contributed by atoms with Crippen LogP contribution < -0.4 is 14.8 Å². The van der Waals surface area contributed by atoms with E-state index in [1.807, 2.05) is 6.07 Å². The van der Waals surface area contributed by atoms with Gasteiger partial charge in [-0.2, -0.15) is 0 Å². The Morgan fingerprint density at radius 3 is 2.95 bits per heavy atom. The van der Waals surface area contributed by atoms with Gasteiger partial charge in [0.05, 0.1) is 10.4 Å². The van der Waals surface area contributed by atoms with Crippen LogP contribution in [0.2, 0.25) is 5.02 Å². The van der Waals surface area contributed by atoms with Crippen molar-refractivity contribution < 1.29 is 19.4 Å². The molecule has 1 saturated heterocycles. The van der Waals surface area contributed by atoms with Crippen molar-refractivity contribution >= 4 is 29.3 Å². The Bertz CT molecular complexity index is 525. The standard InChI is InChI=1S/C12H12ClNO4S/c13-7-3-6(4-9-10(7)18-2-1-17-9)11-14-8(5-19-11)12(15)16/h3-4,8,11,14H,1-2,5H2,(H,15,16)/t8-,11?/m1/s1. The molecule has 0 radical (unpaired) electrons. The van der Waals surface area contributed by atoms with Crippen LogP contribution in [0, 0.1) is 0 Å². The van der Waals surface area contributed by atoms with E-state index >= 15 is 0 Å². The molecule has 0 amide bonds. The summed E-state index contributed by atoms with van der Waals surface area (Å²) >= 11 is 7.71. The van der Waals surface area contributed by atoms with Crippen molar-refractivity contribution in [1.82, 2.24) is 5.32 Å². The summed E-state index contributed by atoms with van der Waals surface area (Å²) in [4.78, 5) is 10.9. The molecule has 19 heavy (non-hydrogen) atoms. The molecule has 0 spiro atoms. The van der Waals surface area contributed by atoms with Crippen molar-refractivity contribution in [2.75, 3.05) is 19.0 Å². The Morgan fingerprint density at radius 2 is 2.21 bits per heavy atom. The highest BCUT2D eigenvalue weighted by Crippen LogP contribution is 2.42. The minimum atomic E-state index is -0.835. The molecular weight excluding hydrogens is 290 g/mol. The number of carboxylic acids is 1. The Kier molecular flexibility index (Phi) is 3.47. The van der Waals surface area contributed by atoms with Gasteiger partial charge in [-0.1, -0.05) is 11.6 Å². The second kappa shape index (κ2) is 5.11. The van der Waals surface area contributed by atoms with Crippen LogP contribution in [0.25, 0.3) is 0 Å². The van der Waals surface area contributed by atoms with E-state index in [0.717, 1.165) is 5.56 Å². The number of carboxylic acid groups (broad SMARTS) is 1. The van der Waals surface area contributed by atoms with Crippen molar-refractivity contribution in [2.45, 2.75) is 11.4 Å². The van der Waals surface area contributed by atoms with E-state index < -0.39 is 12.0 Å². The van der Waals surface area contributed by atoms with Crippen LogP contribution in [0.3, 0.4) is 0 Å². The molecule has 1 fully saturated rings. The van der Waals surface area contributed by atoms with Crippen LogP contribution in [0.5, 0.6) is 11.5 Å². The molecule has 2 atom stereocenters. The van der Waals surface area contributed by atoms with Crippen LogP contribution >= 0.6 is 23.4 Å². The number of thioether (sulfide) groups is 1. The molecule has 2 aliphatic heterocycles. The van der Waals surface area contributed by atoms with Crippen LogP contribution in [-0.4, -0.2) is 36.1 Å². The van der Waals surface area contributed by atoms with Crippen LogP contribution in [-0.2, 0) is 4.79 Å². The van der Waals surface area contributed by atoms with Gasteiger partial charge in [-0.05, 0) is 17.7 Å². The Morgan fingerprint density at radius 1 is 1.42 bits per heavy atom. The van der Waals surface area contributed by atoms with Gasteiger partial charge in [0.15, 0.2) is 11.5 Å². The lowest BCUT2D eigenvalue weighted by molar-refractivity contribution is -0.138. The van der Waals surface area contributed by atoms with Crippen molar-refractivity contribution in [1.29, 1.82) is 0 Å². The minimum absolute atomic E-state index is 0.0885. The molecule has 0 aliphatic carbocycles. The maximum Gasteiger partial charge on any atom is 0.321 e. The first kappa shape index (κ1) is 12.9. The van der Waals surface area contributed by atoms with Crippen molar-refractivity contribution in [3.63, 3.8) is 0 Å². The van der Waals surface area contributed by atoms with Crippen LogP contribution in [0.1, 0.15) is 10.9 Å². The zero-order valence-corrected chi connectivity index (χ0v) is 11.5. The molecule has 1 unspecified atom stereocenters. The van der Waals surface area contributed by atoms with Gasteiger partial charge >= 0.3 is 5.97 Å². The predicted molar refractivity (Wildman–Crippen MR) is 72.2 cm³/mol. The molecule has 0 aromatic heterocycles. The van der Waals surface area contributed by atoms with Crippen LogP contribution in [0.4, 0.5) is 0 Å². The first-order valence-corrected chi connectivity index (χ1v) is 7.27. The summed E-state index contributed by atoms with van der Waals surface area (Å²) in [7, 11) is 0. The summed E-state index contributed by atoms with van der Waals surface area (Å²) in [6.45, 7) is 0.985. The third-order valence-corrected chi connectivity index (χ3v) is 4.55. The lowest BCUT2D eigenvalue weighted by atomic mass is 10.1. The average Bonchev–Trinajstić information content (AvgIpc) is 2.88. The molecule has 5 nitrogen and oxygen atoms in total. The maximum absolute atomic E-state index is 10.9. The molecule has 0 bridgehead atoms. The maximum atomic E-state index is 10.9. The van der Waals surface area contributed by atoms with Crippen molar-refractivity contribution in [3.8, 4) is 11.5 Å². The molecule has 1 aromatic carbocycles. The van der Waals surface area contributed by atoms with Crippen molar-refractivity contribution in [3.05, 3.63) is 22.7 Å². The van der Waals surface area contributed by atoms with E-state index in [4.69, 9.17) is 26.2 Å². The van der Waals surface area contributed by atoms with E-state index in [-0.39, 0.29) is 5.37 Å². The number of ether oxygens (including phenoxy) is 2. The summed E-state index contributed by atoms with van der Waals surface area (Å²) in [6.07, 6.45) is 0. The smallest absolute Gasteiger partial charge is 0.321 e. The summed E-state index contributed by atoms with van der Waals surface area (Å²) in [5, 5.41) is 12.4. The number of hydrogen-bond acceptors (Lipinski definition) is 5. The number of halogens is 1. The molecule has 2 heterocycles. The number of hydrogen-bond donors (Lipinski definition) is 2. The highest BCUT2D eigenvalue weighted by molar-refractivity contribution is 7.99. The average molecular weight is 302 g/mol. The number of nitrogens with one attached hydrogen (secondary N) is 1. The van der Waals surface area contributed by atoms with Gasteiger partial charge in [0.2, 0.25) is 0 Å². The predicted octanol–water partition coefficient (Wildman–Crippen LogP) is 1.90. The Hall–Kier alpha value is -1.11. The van der Waals surface area contributed by atoms with E-state index in [1.54, 1.807) is 17.8 Å². The molecule has 2 aliphatic rings. The van der Waals surface area contributed by atoms with Gasteiger partial charge in [-0.15, -0.1) is 11.8 Å². The first-order valence-electron chi connectivity index (χ1n) is 5.84. The number of aliphatic carboxylic acids is 1. The highest BCUT2D eigenvalue weighted by atomic mass is 35.5. The van der Waals surface area contributed by atoms with Gasteiger partial charge in [-0.3, -0.25) is 10.1 Å². The molecule has 2 N–H and O–H groups in total. The van der Waals surface area contributed by atoms with Gasteiger partial charge < -0.3 is 14.6 Å². The topological polar surface area (TPSA) is 67.8 Å². The second-order valence-electron chi connectivity index (χ2n) is 4.30. The Balaban J connectivity index is 1.86. The number of benzene rings is 1. The monoisotopic (exact) mass is 301 g/mol. The van der Waals surface area contributed by atoms with Crippen LogP contribution in [0.15, 0.2) is 12.1 Å². The number of fused-ring (bicyclic) bond motifs is 1. The van der Waals surface area contributed by atoms with Gasteiger partial charge in [0.1, 0.15) is 19.3 Å². The summed E-state index contributed by atoms with van der Waals surface area (Å²) in [5.41, 5.74) is 0.906. The number of rotatable bonds is 2. The molecule has 1 aromatic rings. The lowest BCUT2D eigenvalue weighted by Crippen LogP contribution is -2.33. The summed E-state index contributed by atoms with van der Waals surface area (Å²) in [6, 6.07) is 3.13. The van der Waals surface area contributed by atoms with Crippen molar-refractivity contribution in [2.24, 2.45) is 0 Å². The third-order valence-electron chi connectivity index (χ3n) is 3.00. The highest BCUT2D eigenvalue weighted by Gasteiger charge is 2.31. The zero-order chi connectivity index (χ0) is 13.4.